The van der Waals surface area contributed by atoms with Crippen molar-refractivity contribution >= 4 is 11.6 Å². The minimum atomic E-state index is 0.898. The van der Waals surface area contributed by atoms with Gasteiger partial charge in [-0.05, 0) is 32.6 Å². The lowest BCUT2D eigenvalue weighted by Gasteiger charge is -2.33. The summed E-state index contributed by atoms with van der Waals surface area (Å²) < 4.78 is 0. The molecule has 0 saturated carbocycles. The molecule has 18 heavy (non-hydrogen) atoms. The number of nitrogens with one attached hydrogen (secondary N) is 1. The second-order valence-electron chi connectivity index (χ2n) is 5.04. The van der Waals surface area contributed by atoms with Crippen molar-refractivity contribution in [2.24, 2.45) is 5.92 Å². The molecule has 2 rings (SSSR count). The van der Waals surface area contributed by atoms with Crippen LogP contribution in [0.4, 0.5) is 11.6 Å². The van der Waals surface area contributed by atoms with E-state index in [0.29, 0.717) is 0 Å². The molecule has 1 aromatic rings. The van der Waals surface area contributed by atoms with Gasteiger partial charge in [0.15, 0.2) is 0 Å². The Morgan fingerprint density at radius 1 is 1.28 bits per heavy atom. The Kier molecular flexibility index (Phi) is 4.39. The lowest BCUT2D eigenvalue weighted by molar-refractivity contribution is 0.393. The number of anilines is 2. The lowest BCUT2D eigenvalue weighted by atomic mass is 9.94. The second kappa shape index (κ2) is 6.03. The van der Waals surface area contributed by atoms with E-state index in [2.05, 4.69) is 41.0 Å². The molecule has 0 unspecified atom stereocenters. The summed E-state index contributed by atoms with van der Waals surface area (Å²) in [7, 11) is 0. The maximum atomic E-state index is 4.47. The van der Waals surface area contributed by atoms with Crippen molar-refractivity contribution in [3.8, 4) is 0 Å². The summed E-state index contributed by atoms with van der Waals surface area (Å²) in [5.41, 5.74) is 1.18. The molecule has 0 bridgehead atoms. The third-order valence-corrected chi connectivity index (χ3v) is 3.89. The number of hydrogen-bond donors (Lipinski definition) is 1. The van der Waals surface area contributed by atoms with Crippen molar-refractivity contribution in [2.75, 3.05) is 29.9 Å². The third-order valence-electron chi connectivity index (χ3n) is 3.89. The van der Waals surface area contributed by atoms with Gasteiger partial charge in [-0.15, -0.1) is 0 Å². The molecule has 1 aliphatic rings. The van der Waals surface area contributed by atoms with Gasteiger partial charge in [-0.25, -0.2) is 9.97 Å². The minimum Gasteiger partial charge on any atom is -0.370 e. The van der Waals surface area contributed by atoms with Crippen LogP contribution in [-0.4, -0.2) is 29.6 Å². The van der Waals surface area contributed by atoms with Crippen molar-refractivity contribution in [3.63, 3.8) is 0 Å². The largest absolute Gasteiger partial charge is 0.370 e. The Hall–Kier alpha value is -1.32. The molecule has 0 aliphatic carbocycles. The highest BCUT2D eigenvalue weighted by atomic mass is 15.2. The first-order valence-corrected chi connectivity index (χ1v) is 7.06. The van der Waals surface area contributed by atoms with Gasteiger partial charge in [-0.2, -0.15) is 0 Å². The Balaban J connectivity index is 2.11. The summed E-state index contributed by atoms with van der Waals surface area (Å²) >= 11 is 0. The van der Waals surface area contributed by atoms with Gasteiger partial charge in [0, 0.05) is 25.2 Å². The summed E-state index contributed by atoms with van der Waals surface area (Å²) in [6, 6.07) is 0. The fourth-order valence-corrected chi connectivity index (χ4v) is 2.66. The van der Waals surface area contributed by atoms with Crippen LogP contribution in [0.2, 0.25) is 0 Å². The number of piperidine rings is 1. The second-order valence-corrected chi connectivity index (χ2v) is 5.04. The van der Waals surface area contributed by atoms with Crippen LogP contribution >= 0.6 is 0 Å². The number of nitrogens with zero attached hydrogens (tertiary/aromatic N) is 3. The maximum absolute atomic E-state index is 4.47. The van der Waals surface area contributed by atoms with E-state index in [-0.39, 0.29) is 0 Å². The highest BCUT2D eigenvalue weighted by Crippen LogP contribution is 2.27. The zero-order chi connectivity index (χ0) is 13.0. The zero-order valence-corrected chi connectivity index (χ0v) is 11.7. The van der Waals surface area contributed by atoms with Crippen LogP contribution < -0.4 is 10.2 Å². The molecule has 0 aromatic carbocycles. The predicted molar refractivity (Wildman–Crippen MR) is 76.2 cm³/mol. The monoisotopic (exact) mass is 248 g/mol. The summed E-state index contributed by atoms with van der Waals surface area (Å²) in [6.07, 6.45) is 5.55. The van der Waals surface area contributed by atoms with Gasteiger partial charge in [0.2, 0.25) is 0 Å². The van der Waals surface area contributed by atoms with Crippen molar-refractivity contribution < 1.29 is 0 Å². The first-order chi connectivity index (χ1) is 8.76. The topological polar surface area (TPSA) is 41.1 Å². The molecule has 4 heteroatoms. The van der Waals surface area contributed by atoms with E-state index in [1.54, 1.807) is 6.33 Å². The first-order valence-electron chi connectivity index (χ1n) is 7.06. The number of aromatic nitrogens is 2. The van der Waals surface area contributed by atoms with Crippen molar-refractivity contribution in [1.29, 1.82) is 0 Å². The Morgan fingerprint density at radius 3 is 2.61 bits per heavy atom. The highest BCUT2D eigenvalue weighted by molar-refractivity contribution is 5.57. The molecule has 0 amide bonds. The van der Waals surface area contributed by atoms with Crippen LogP contribution in [0, 0.1) is 12.8 Å². The van der Waals surface area contributed by atoms with E-state index in [1.165, 1.54) is 24.8 Å². The van der Waals surface area contributed by atoms with Gasteiger partial charge < -0.3 is 10.2 Å². The Labute approximate surface area is 110 Å². The molecule has 1 saturated heterocycles. The normalized spacial score (nSPS) is 16.9. The van der Waals surface area contributed by atoms with Gasteiger partial charge in [0.1, 0.15) is 18.0 Å². The first kappa shape index (κ1) is 13.1. The molecule has 1 aliphatic heterocycles. The van der Waals surface area contributed by atoms with Gasteiger partial charge in [0.05, 0.1) is 0 Å². The van der Waals surface area contributed by atoms with Gasteiger partial charge in [0.25, 0.3) is 0 Å². The van der Waals surface area contributed by atoms with Crippen molar-refractivity contribution in [1.82, 2.24) is 9.97 Å². The van der Waals surface area contributed by atoms with Crippen LogP contribution in [0.1, 0.15) is 38.7 Å². The van der Waals surface area contributed by atoms with Crippen molar-refractivity contribution in [2.45, 2.75) is 40.0 Å². The molecule has 2 heterocycles. The van der Waals surface area contributed by atoms with Crippen LogP contribution in [0.5, 0.6) is 0 Å². The summed E-state index contributed by atoms with van der Waals surface area (Å²) in [4.78, 5) is 11.2. The smallest absolute Gasteiger partial charge is 0.137 e. The summed E-state index contributed by atoms with van der Waals surface area (Å²) in [6.45, 7) is 9.64. The maximum Gasteiger partial charge on any atom is 0.137 e. The van der Waals surface area contributed by atoms with E-state index in [0.717, 1.165) is 37.2 Å². The minimum absolute atomic E-state index is 0.898. The van der Waals surface area contributed by atoms with Crippen LogP contribution in [0.3, 0.4) is 0 Å². The third kappa shape index (κ3) is 2.74. The SMILES string of the molecule is CCNc1ncnc(N2CCC(CC)CC2)c1C. The van der Waals surface area contributed by atoms with Crippen molar-refractivity contribution in [3.05, 3.63) is 11.9 Å². The van der Waals surface area contributed by atoms with Crippen LogP contribution in [0.15, 0.2) is 6.33 Å². The molecule has 1 N–H and O–H groups in total. The molecule has 0 radical (unpaired) electrons. The average Bonchev–Trinajstić information content (AvgIpc) is 2.42. The molecule has 1 aromatic heterocycles. The zero-order valence-electron chi connectivity index (χ0n) is 11.7. The molecular formula is C14H24N4. The standard InChI is InChI=1S/C14H24N4/c1-4-12-6-8-18(9-7-12)14-11(3)13(15-5-2)16-10-17-14/h10,12H,4-9H2,1-3H3,(H,15,16,17). The van der Waals surface area contributed by atoms with Gasteiger partial charge >= 0.3 is 0 Å². The molecule has 100 valence electrons. The molecule has 0 spiro atoms. The molecular weight excluding hydrogens is 224 g/mol. The predicted octanol–water partition coefficient (Wildman–Crippen LogP) is 2.84. The number of hydrogen-bond acceptors (Lipinski definition) is 4. The number of rotatable bonds is 4. The Bertz CT molecular complexity index is 383. The quantitative estimate of drug-likeness (QED) is 0.889. The van der Waals surface area contributed by atoms with E-state index < -0.39 is 0 Å². The van der Waals surface area contributed by atoms with Crippen LogP contribution in [-0.2, 0) is 0 Å². The van der Waals surface area contributed by atoms with E-state index in [4.69, 9.17) is 0 Å². The summed E-state index contributed by atoms with van der Waals surface area (Å²) in [5, 5.41) is 3.30. The van der Waals surface area contributed by atoms with Crippen LogP contribution in [0.25, 0.3) is 0 Å². The van der Waals surface area contributed by atoms with E-state index >= 15 is 0 Å². The average molecular weight is 248 g/mol. The van der Waals surface area contributed by atoms with E-state index in [9.17, 15) is 0 Å². The highest BCUT2D eigenvalue weighted by Gasteiger charge is 2.21. The fraction of sp³-hybridized carbons (Fsp3) is 0.714. The Morgan fingerprint density at radius 2 is 2.00 bits per heavy atom. The summed E-state index contributed by atoms with van der Waals surface area (Å²) in [5.74, 6) is 2.98. The lowest BCUT2D eigenvalue weighted by Crippen LogP contribution is -2.34. The fourth-order valence-electron chi connectivity index (χ4n) is 2.66. The molecule has 0 atom stereocenters. The molecule has 4 nitrogen and oxygen atoms in total. The van der Waals surface area contributed by atoms with Gasteiger partial charge in [-0.3, -0.25) is 0 Å². The van der Waals surface area contributed by atoms with Gasteiger partial charge in [-0.1, -0.05) is 13.3 Å². The molecule has 1 fully saturated rings. The van der Waals surface area contributed by atoms with E-state index in [1.807, 2.05) is 0 Å².